The van der Waals surface area contributed by atoms with Gasteiger partial charge in [0.05, 0.1) is 18.8 Å². The lowest BCUT2D eigenvalue weighted by atomic mass is 9.99. The summed E-state index contributed by atoms with van der Waals surface area (Å²) in [6.45, 7) is 3.34. The summed E-state index contributed by atoms with van der Waals surface area (Å²) in [5.74, 6) is -6.28. The molecule has 158 valence electrons. The average molecular weight is 414 g/mol. The molecule has 0 N–H and O–H groups in total. The van der Waals surface area contributed by atoms with Crippen molar-refractivity contribution in [3.63, 3.8) is 0 Å². The van der Waals surface area contributed by atoms with Crippen LogP contribution in [0, 0.1) is 35.0 Å². The SMILES string of the molecule is CCCCC1COC(CCc2cc(F)c(-c3cc(F)c(F)c(F)c3)c(F)c2)OC1. The molecule has 0 aliphatic carbocycles. The molecule has 0 aromatic heterocycles. The number of unbranched alkanes of at least 4 members (excludes halogenated alkanes) is 1. The second-order valence-electron chi connectivity index (χ2n) is 7.33. The highest BCUT2D eigenvalue weighted by molar-refractivity contribution is 5.65. The smallest absolute Gasteiger partial charge is 0.194 e. The molecule has 0 radical (unpaired) electrons. The van der Waals surface area contributed by atoms with E-state index in [1.165, 1.54) is 0 Å². The molecular formula is C22H23F5O2. The van der Waals surface area contributed by atoms with Crippen LogP contribution in [0.3, 0.4) is 0 Å². The van der Waals surface area contributed by atoms with Gasteiger partial charge in [-0.25, -0.2) is 22.0 Å². The first-order valence-electron chi connectivity index (χ1n) is 9.75. The number of hydrogen-bond acceptors (Lipinski definition) is 2. The van der Waals surface area contributed by atoms with E-state index in [0.717, 1.165) is 31.4 Å². The van der Waals surface area contributed by atoms with Gasteiger partial charge in [0.1, 0.15) is 11.6 Å². The lowest BCUT2D eigenvalue weighted by Gasteiger charge is -2.29. The highest BCUT2D eigenvalue weighted by Crippen LogP contribution is 2.30. The molecule has 2 aromatic rings. The van der Waals surface area contributed by atoms with Crippen molar-refractivity contribution in [1.29, 1.82) is 0 Å². The molecule has 1 fully saturated rings. The van der Waals surface area contributed by atoms with Gasteiger partial charge in [-0.1, -0.05) is 19.8 Å². The van der Waals surface area contributed by atoms with Crippen LogP contribution in [0.4, 0.5) is 22.0 Å². The van der Waals surface area contributed by atoms with Crippen LogP contribution in [0.1, 0.15) is 38.2 Å². The average Bonchev–Trinajstić information content (AvgIpc) is 2.69. The lowest BCUT2D eigenvalue weighted by Crippen LogP contribution is -2.32. The third-order valence-corrected chi connectivity index (χ3v) is 5.04. The lowest BCUT2D eigenvalue weighted by molar-refractivity contribution is -0.203. The van der Waals surface area contributed by atoms with Gasteiger partial charge in [-0.15, -0.1) is 0 Å². The Morgan fingerprint density at radius 2 is 1.41 bits per heavy atom. The monoisotopic (exact) mass is 414 g/mol. The Labute approximate surface area is 166 Å². The van der Waals surface area contributed by atoms with Crippen molar-refractivity contribution in [3.8, 4) is 11.1 Å². The van der Waals surface area contributed by atoms with E-state index in [-0.39, 0.29) is 0 Å². The van der Waals surface area contributed by atoms with E-state index in [1.807, 2.05) is 0 Å². The van der Waals surface area contributed by atoms with Crippen LogP contribution in [0.5, 0.6) is 0 Å². The first kappa shape index (κ1) is 21.7. The molecule has 1 aliphatic rings. The molecule has 0 spiro atoms. The summed E-state index contributed by atoms with van der Waals surface area (Å²) >= 11 is 0. The van der Waals surface area contributed by atoms with Gasteiger partial charge in [0.2, 0.25) is 0 Å². The quantitative estimate of drug-likeness (QED) is 0.399. The van der Waals surface area contributed by atoms with Gasteiger partial charge in [0, 0.05) is 12.3 Å². The maximum atomic E-state index is 14.5. The minimum Gasteiger partial charge on any atom is -0.352 e. The molecule has 0 unspecified atom stereocenters. The summed E-state index contributed by atoms with van der Waals surface area (Å²) in [7, 11) is 0. The first-order valence-corrected chi connectivity index (χ1v) is 9.75. The molecule has 1 aliphatic heterocycles. The van der Waals surface area contributed by atoms with Gasteiger partial charge in [0.25, 0.3) is 0 Å². The second kappa shape index (κ2) is 9.67. The Kier molecular flexibility index (Phi) is 7.24. The van der Waals surface area contributed by atoms with Crippen LogP contribution in [-0.4, -0.2) is 19.5 Å². The highest BCUT2D eigenvalue weighted by Gasteiger charge is 2.23. The highest BCUT2D eigenvalue weighted by atomic mass is 19.2. The van der Waals surface area contributed by atoms with E-state index in [2.05, 4.69) is 6.92 Å². The van der Waals surface area contributed by atoms with Crippen LogP contribution < -0.4 is 0 Å². The zero-order chi connectivity index (χ0) is 21.0. The first-order chi connectivity index (χ1) is 13.9. The molecule has 0 atom stereocenters. The largest absolute Gasteiger partial charge is 0.352 e. The minimum atomic E-state index is -1.68. The number of hydrogen-bond donors (Lipinski definition) is 0. The maximum Gasteiger partial charge on any atom is 0.194 e. The summed E-state index contributed by atoms with van der Waals surface area (Å²) in [4.78, 5) is 0. The molecule has 2 nitrogen and oxygen atoms in total. The van der Waals surface area contributed by atoms with Gasteiger partial charge in [-0.05, 0) is 48.2 Å². The fraction of sp³-hybridized carbons (Fsp3) is 0.455. The number of benzene rings is 2. The van der Waals surface area contributed by atoms with Crippen molar-refractivity contribution in [2.45, 2.75) is 45.3 Å². The maximum absolute atomic E-state index is 14.5. The summed E-state index contributed by atoms with van der Waals surface area (Å²) in [5, 5.41) is 0. The van der Waals surface area contributed by atoms with E-state index in [1.54, 1.807) is 0 Å². The van der Waals surface area contributed by atoms with E-state index in [4.69, 9.17) is 9.47 Å². The summed E-state index contributed by atoms with van der Waals surface area (Å²) in [6.07, 6.45) is 3.59. The van der Waals surface area contributed by atoms with Crippen molar-refractivity contribution in [1.82, 2.24) is 0 Å². The third-order valence-electron chi connectivity index (χ3n) is 5.04. The Balaban J connectivity index is 1.64. The fourth-order valence-corrected chi connectivity index (χ4v) is 3.44. The van der Waals surface area contributed by atoms with Gasteiger partial charge in [-0.2, -0.15) is 0 Å². The van der Waals surface area contributed by atoms with Crippen molar-refractivity contribution in [3.05, 3.63) is 58.9 Å². The topological polar surface area (TPSA) is 18.5 Å². The summed E-state index contributed by atoms with van der Waals surface area (Å²) in [5.41, 5.74) is -0.636. The Morgan fingerprint density at radius 3 is 1.97 bits per heavy atom. The molecular weight excluding hydrogens is 391 g/mol. The Morgan fingerprint density at radius 1 is 0.828 bits per heavy atom. The van der Waals surface area contributed by atoms with E-state index >= 15 is 0 Å². The van der Waals surface area contributed by atoms with Crippen molar-refractivity contribution >= 4 is 0 Å². The fourth-order valence-electron chi connectivity index (χ4n) is 3.44. The van der Waals surface area contributed by atoms with Crippen LogP contribution in [0.25, 0.3) is 11.1 Å². The van der Waals surface area contributed by atoms with E-state index in [9.17, 15) is 22.0 Å². The molecule has 3 rings (SSSR count). The van der Waals surface area contributed by atoms with Gasteiger partial charge >= 0.3 is 0 Å². The summed E-state index contributed by atoms with van der Waals surface area (Å²) in [6, 6.07) is 3.34. The van der Waals surface area contributed by atoms with E-state index in [0.29, 0.717) is 49.7 Å². The molecule has 0 bridgehead atoms. The number of aryl methyl sites for hydroxylation is 1. The molecule has 1 heterocycles. The standard InChI is InChI=1S/C22H23F5O2/c1-2-3-4-14-11-28-20(29-12-14)6-5-13-7-16(23)21(17(24)8-13)15-9-18(25)22(27)19(26)10-15/h7-10,14,20H,2-6,11-12H2,1H3. The number of ether oxygens (including phenoxy) is 2. The Bertz CT molecular complexity index is 801. The minimum absolute atomic E-state index is 0.310. The van der Waals surface area contributed by atoms with Gasteiger partial charge < -0.3 is 9.47 Å². The third kappa shape index (κ3) is 5.34. The van der Waals surface area contributed by atoms with Crippen molar-refractivity contribution in [2.24, 2.45) is 5.92 Å². The molecule has 29 heavy (non-hydrogen) atoms. The van der Waals surface area contributed by atoms with E-state index < -0.39 is 46.5 Å². The van der Waals surface area contributed by atoms with Crippen LogP contribution in [0.2, 0.25) is 0 Å². The predicted octanol–water partition coefficient (Wildman–Crippen LogP) is 6.16. The zero-order valence-electron chi connectivity index (χ0n) is 16.1. The van der Waals surface area contributed by atoms with Gasteiger partial charge in [-0.3, -0.25) is 0 Å². The van der Waals surface area contributed by atoms with Crippen LogP contribution in [-0.2, 0) is 15.9 Å². The summed E-state index contributed by atoms with van der Waals surface area (Å²) < 4.78 is 80.2. The molecule has 0 saturated carbocycles. The number of rotatable bonds is 7. The normalized spacial score (nSPS) is 19.5. The predicted molar refractivity (Wildman–Crippen MR) is 98.7 cm³/mol. The molecule has 1 saturated heterocycles. The van der Waals surface area contributed by atoms with Crippen molar-refractivity contribution in [2.75, 3.05) is 13.2 Å². The number of halogens is 5. The van der Waals surface area contributed by atoms with Crippen LogP contribution in [0.15, 0.2) is 24.3 Å². The molecule has 2 aromatic carbocycles. The molecule has 7 heteroatoms. The second-order valence-corrected chi connectivity index (χ2v) is 7.33. The molecule has 0 amide bonds. The van der Waals surface area contributed by atoms with Gasteiger partial charge in [0.15, 0.2) is 23.7 Å². The van der Waals surface area contributed by atoms with Crippen molar-refractivity contribution < 1.29 is 31.4 Å². The van der Waals surface area contributed by atoms with Crippen LogP contribution >= 0.6 is 0 Å². The Hall–Kier alpha value is -1.99. The zero-order valence-corrected chi connectivity index (χ0v) is 16.1.